The second kappa shape index (κ2) is 9.59. The van der Waals surface area contributed by atoms with Gasteiger partial charge in [-0.3, -0.25) is 4.79 Å². The minimum atomic E-state index is -0.860. The minimum Gasteiger partial charge on any atom is -0.485 e. The average molecular weight is 401 g/mol. The third-order valence-corrected chi connectivity index (χ3v) is 5.72. The maximum atomic E-state index is 12.0. The Kier molecular flexibility index (Phi) is 7.14. The van der Waals surface area contributed by atoms with E-state index in [1.54, 1.807) is 6.08 Å². The zero-order chi connectivity index (χ0) is 20.9. The Bertz CT molecular complexity index is 750. The molecule has 0 spiro atoms. The number of esters is 1. The molecule has 0 aromatic heterocycles. The molecule has 0 saturated heterocycles. The molecule has 0 bridgehead atoms. The molecule has 5 heteroatoms. The van der Waals surface area contributed by atoms with Gasteiger partial charge in [0.25, 0.3) is 0 Å². The first-order chi connectivity index (χ1) is 13.9. The van der Waals surface area contributed by atoms with Gasteiger partial charge in [-0.2, -0.15) is 0 Å². The highest BCUT2D eigenvalue weighted by atomic mass is 16.5. The number of hydrogen-bond acceptors (Lipinski definition) is 5. The second-order valence-corrected chi connectivity index (χ2v) is 8.48. The number of aliphatic hydroxyl groups is 2. The molecule has 1 aliphatic heterocycles. The molecular weight excluding hydrogens is 368 g/mol. The number of benzene rings is 1. The Labute approximate surface area is 173 Å². The van der Waals surface area contributed by atoms with Crippen molar-refractivity contribution < 1.29 is 24.5 Å². The van der Waals surface area contributed by atoms with Crippen LogP contribution in [-0.2, 0) is 9.53 Å². The lowest BCUT2D eigenvalue weighted by molar-refractivity contribution is -0.140. The molecule has 0 saturated carbocycles. The fraction of sp³-hybridized carbons (Fsp3) is 0.542. The molecule has 1 aromatic carbocycles. The van der Waals surface area contributed by atoms with Crippen LogP contribution in [-0.4, -0.2) is 34.0 Å². The van der Waals surface area contributed by atoms with Crippen molar-refractivity contribution in [3.63, 3.8) is 0 Å². The lowest BCUT2D eigenvalue weighted by atomic mass is 9.92. The first-order valence-electron chi connectivity index (χ1n) is 10.6. The van der Waals surface area contributed by atoms with Crippen LogP contribution in [0.4, 0.5) is 0 Å². The van der Waals surface area contributed by atoms with E-state index in [9.17, 15) is 15.0 Å². The van der Waals surface area contributed by atoms with E-state index < -0.39 is 17.8 Å². The van der Waals surface area contributed by atoms with Crippen LogP contribution in [0.1, 0.15) is 58.8 Å². The topological polar surface area (TPSA) is 76.0 Å². The highest BCUT2D eigenvalue weighted by molar-refractivity contribution is 5.70. The fourth-order valence-corrected chi connectivity index (χ4v) is 3.96. The summed E-state index contributed by atoms with van der Waals surface area (Å²) in [5.41, 5.74) is 0.152. The number of hydrogen-bond donors (Lipinski definition) is 2. The van der Waals surface area contributed by atoms with Crippen LogP contribution in [0.25, 0.3) is 0 Å². The van der Waals surface area contributed by atoms with Crippen LogP contribution >= 0.6 is 0 Å². The number of para-hydroxylation sites is 1. The standard InChI is InChI=1S/C24H32O5/c1-24(2,29-17-10-6-5-7-11-17)22(26)15-14-18-19-12-8-3-4-9-13-23(27)28-21(19)16-20(18)25/h5-7,10-11,14-15,18,20,22,25-26H,3-4,8-9,12-13,16H2,1-2H3/b15-14+/t18-,20-,22-/m1/s1. The summed E-state index contributed by atoms with van der Waals surface area (Å²) in [5, 5.41) is 21.3. The largest absolute Gasteiger partial charge is 0.485 e. The molecule has 5 nitrogen and oxygen atoms in total. The summed E-state index contributed by atoms with van der Waals surface area (Å²) in [6, 6.07) is 9.39. The van der Waals surface area contributed by atoms with Gasteiger partial charge in [-0.05, 0) is 50.8 Å². The van der Waals surface area contributed by atoms with Gasteiger partial charge in [0, 0.05) is 18.8 Å². The maximum Gasteiger partial charge on any atom is 0.310 e. The van der Waals surface area contributed by atoms with Crippen molar-refractivity contribution in [2.45, 2.75) is 76.6 Å². The SMILES string of the molecule is CC(C)(Oc1ccccc1)[C@H](O)/C=C/[C@@H]1C2=C(C[C@H]1O)OC(=O)CCCCCC2. The van der Waals surface area contributed by atoms with Crippen molar-refractivity contribution in [3.05, 3.63) is 53.8 Å². The maximum absolute atomic E-state index is 12.0. The van der Waals surface area contributed by atoms with Gasteiger partial charge in [-0.25, -0.2) is 0 Å². The quantitative estimate of drug-likeness (QED) is 0.569. The Morgan fingerprint density at radius 1 is 1.14 bits per heavy atom. The first-order valence-corrected chi connectivity index (χ1v) is 10.6. The molecule has 1 aromatic rings. The van der Waals surface area contributed by atoms with E-state index in [4.69, 9.17) is 9.47 Å². The third kappa shape index (κ3) is 5.71. The molecule has 0 fully saturated rings. The molecule has 3 rings (SSSR count). The van der Waals surface area contributed by atoms with Crippen LogP contribution < -0.4 is 4.74 Å². The predicted molar refractivity (Wildman–Crippen MR) is 111 cm³/mol. The number of carbonyl (C=O) groups is 1. The molecule has 29 heavy (non-hydrogen) atoms. The van der Waals surface area contributed by atoms with E-state index in [1.807, 2.05) is 50.3 Å². The van der Waals surface area contributed by atoms with Crippen molar-refractivity contribution in [3.8, 4) is 5.75 Å². The van der Waals surface area contributed by atoms with E-state index in [0.29, 0.717) is 24.4 Å². The zero-order valence-corrected chi connectivity index (χ0v) is 17.3. The monoisotopic (exact) mass is 400 g/mol. The highest BCUT2D eigenvalue weighted by Crippen LogP contribution is 2.38. The van der Waals surface area contributed by atoms with Gasteiger partial charge in [0.2, 0.25) is 0 Å². The van der Waals surface area contributed by atoms with Gasteiger partial charge in [0.15, 0.2) is 0 Å². The normalized spacial score (nSPS) is 24.9. The van der Waals surface area contributed by atoms with Crippen molar-refractivity contribution in [2.75, 3.05) is 0 Å². The number of carbonyl (C=O) groups excluding carboxylic acids is 1. The van der Waals surface area contributed by atoms with Crippen molar-refractivity contribution in [1.82, 2.24) is 0 Å². The van der Waals surface area contributed by atoms with Crippen LogP contribution in [0.5, 0.6) is 5.75 Å². The number of ether oxygens (including phenoxy) is 2. The van der Waals surface area contributed by atoms with Crippen molar-refractivity contribution >= 4 is 5.97 Å². The molecule has 2 aliphatic rings. The molecule has 158 valence electrons. The van der Waals surface area contributed by atoms with E-state index in [1.165, 1.54) is 0 Å². The summed E-state index contributed by atoms with van der Waals surface area (Å²) >= 11 is 0. The lowest BCUT2D eigenvalue weighted by Crippen LogP contribution is -2.40. The molecule has 1 heterocycles. The van der Waals surface area contributed by atoms with Gasteiger partial charge < -0.3 is 19.7 Å². The Morgan fingerprint density at radius 2 is 1.83 bits per heavy atom. The predicted octanol–water partition coefficient (Wildman–Crippen LogP) is 4.29. The summed E-state index contributed by atoms with van der Waals surface area (Å²) in [4.78, 5) is 12.0. The smallest absolute Gasteiger partial charge is 0.310 e. The highest BCUT2D eigenvalue weighted by Gasteiger charge is 2.35. The average Bonchev–Trinajstić information content (AvgIpc) is 2.97. The summed E-state index contributed by atoms with van der Waals surface area (Å²) in [7, 11) is 0. The molecule has 0 radical (unpaired) electrons. The molecule has 0 amide bonds. The van der Waals surface area contributed by atoms with Gasteiger partial charge >= 0.3 is 5.97 Å². The summed E-state index contributed by atoms with van der Waals surface area (Å²) < 4.78 is 11.5. The molecule has 2 N–H and O–H groups in total. The lowest BCUT2D eigenvalue weighted by Gasteiger charge is -2.30. The van der Waals surface area contributed by atoms with E-state index in [2.05, 4.69) is 0 Å². The van der Waals surface area contributed by atoms with E-state index in [0.717, 1.165) is 37.7 Å². The van der Waals surface area contributed by atoms with Crippen LogP contribution in [0.3, 0.4) is 0 Å². The second-order valence-electron chi connectivity index (χ2n) is 8.48. The van der Waals surface area contributed by atoms with Crippen LogP contribution in [0, 0.1) is 5.92 Å². The molecule has 3 atom stereocenters. The van der Waals surface area contributed by atoms with E-state index >= 15 is 0 Å². The zero-order valence-electron chi connectivity index (χ0n) is 17.3. The Morgan fingerprint density at radius 3 is 2.55 bits per heavy atom. The van der Waals surface area contributed by atoms with Gasteiger partial charge in [-0.15, -0.1) is 0 Å². The summed E-state index contributed by atoms with van der Waals surface area (Å²) in [5.74, 6) is 0.844. The Hall–Kier alpha value is -2.11. The molecular formula is C24H32O5. The van der Waals surface area contributed by atoms with Gasteiger partial charge in [-0.1, -0.05) is 43.2 Å². The third-order valence-electron chi connectivity index (χ3n) is 5.72. The Balaban J connectivity index is 1.72. The molecule has 0 unspecified atom stereocenters. The van der Waals surface area contributed by atoms with E-state index in [-0.39, 0.29) is 11.9 Å². The fourth-order valence-electron chi connectivity index (χ4n) is 3.96. The molecule has 1 aliphatic carbocycles. The summed E-state index contributed by atoms with van der Waals surface area (Å²) in [6.45, 7) is 3.66. The van der Waals surface area contributed by atoms with Crippen molar-refractivity contribution in [2.24, 2.45) is 5.92 Å². The number of aliphatic hydroxyl groups excluding tert-OH is 2. The van der Waals surface area contributed by atoms with Crippen molar-refractivity contribution in [1.29, 1.82) is 0 Å². The first kappa shape index (κ1) is 21.6. The van der Waals surface area contributed by atoms with Gasteiger partial charge in [0.05, 0.1) is 6.10 Å². The summed E-state index contributed by atoms with van der Waals surface area (Å²) in [6.07, 6.45) is 7.55. The van der Waals surface area contributed by atoms with Crippen LogP contribution in [0.2, 0.25) is 0 Å². The minimum absolute atomic E-state index is 0.214. The van der Waals surface area contributed by atoms with Crippen LogP contribution in [0.15, 0.2) is 53.8 Å². The van der Waals surface area contributed by atoms with Gasteiger partial charge in [0.1, 0.15) is 23.2 Å². The number of rotatable bonds is 5.